The van der Waals surface area contributed by atoms with Crippen molar-refractivity contribution < 1.29 is 0 Å². The Hall–Kier alpha value is -0.760. The highest BCUT2D eigenvalue weighted by atomic mass is 35.5. The second-order valence-electron chi connectivity index (χ2n) is 4.61. The van der Waals surface area contributed by atoms with Gasteiger partial charge in [0.15, 0.2) is 0 Å². The molecule has 0 aromatic carbocycles. The third-order valence-corrected chi connectivity index (χ3v) is 2.78. The van der Waals surface area contributed by atoms with Crippen LogP contribution in [0.4, 0.5) is 5.82 Å². The number of halogens is 1. The molecule has 0 amide bonds. The normalized spacial score (nSPS) is 15.7. The number of hydrogen-bond acceptors (Lipinski definition) is 2. The molecule has 0 saturated heterocycles. The summed E-state index contributed by atoms with van der Waals surface area (Å²) in [6.45, 7) is 5.57. The summed E-state index contributed by atoms with van der Waals surface area (Å²) in [5.41, 5.74) is 0. The molecule has 1 aliphatic carbocycles. The molecule has 0 N–H and O–H groups in total. The first-order chi connectivity index (χ1) is 7.16. The molecular weight excluding hydrogens is 208 g/mol. The van der Waals surface area contributed by atoms with Crippen LogP contribution in [0.5, 0.6) is 0 Å². The number of pyridine rings is 1. The van der Waals surface area contributed by atoms with E-state index in [9.17, 15) is 0 Å². The summed E-state index contributed by atoms with van der Waals surface area (Å²) in [4.78, 5) is 6.79. The summed E-state index contributed by atoms with van der Waals surface area (Å²) in [5, 5.41) is 0.707. The van der Waals surface area contributed by atoms with Gasteiger partial charge in [0, 0.05) is 18.8 Å². The topological polar surface area (TPSA) is 16.1 Å². The van der Waals surface area contributed by atoms with Gasteiger partial charge in [-0.2, -0.15) is 0 Å². The molecule has 1 saturated carbocycles. The fourth-order valence-electron chi connectivity index (χ4n) is 1.75. The summed E-state index contributed by atoms with van der Waals surface area (Å²) in [7, 11) is 0. The van der Waals surface area contributed by atoms with E-state index in [4.69, 9.17) is 11.6 Å². The van der Waals surface area contributed by atoms with Gasteiger partial charge in [-0.05, 0) is 30.9 Å². The fourth-order valence-corrected chi connectivity index (χ4v) is 1.86. The molecule has 2 rings (SSSR count). The first kappa shape index (κ1) is 10.7. The van der Waals surface area contributed by atoms with Crippen LogP contribution < -0.4 is 4.90 Å². The highest BCUT2D eigenvalue weighted by Crippen LogP contribution is 2.31. The number of anilines is 1. The second kappa shape index (κ2) is 4.40. The van der Waals surface area contributed by atoms with E-state index in [-0.39, 0.29) is 0 Å². The average Bonchev–Trinajstić information content (AvgIpc) is 2.99. The van der Waals surface area contributed by atoms with Crippen LogP contribution in [0.1, 0.15) is 26.7 Å². The van der Waals surface area contributed by atoms with Gasteiger partial charge in [0.05, 0.1) is 5.02 Å². The molecule has 1 fully saturated rings. The molecule has 0 atom stereocenters. The third kappa shape index (κ3) is 2.85. The smallest absolute Gasteiger partial charge is 0.128 e. The van der Waals surface area contributed by atoms with Gasteiger partial charge in [-0.15, -0.1) is 0 Å². The first-order valence-corrected chi connectivity index (χ1v) is 5.93. The van der Waals surface area contributed by atoms with Crippen LogP contribution in [0.15, 0.2) is 18.3 Å². The minimum Gasteiger partial charge on any atom is -0.353 e. The van der Waals surface area contributed by atoms with Crippen LogP contribution in [0.2, 0.25) is 5.02 Å². The van der Waals surface area contributed by atoms with Crippen molar-refractivity contribution in [3.63, 3.8) is 0 Å². The number of hydrogen-bond donors (Lipinski definition) is 0. The highest BCUT2D eigenvalue weighted by molar-refractivity contribution is 6.30. The standard InChI is InChI=1S/C12H17ClN2/c1-9(2)8-15(11-4-5-11)12-6-3-10(13)7-14-12/h3,6-7,9,11H,4-5,8H2,1-2H3. The Bertz CT molecular complexity index is 317. The molecule has 82 valence electrons. The molecule has 1 aromatic heterocycles. The Morgan fingerprint density at radius 1 is 1.47 bits per heavy atom. The fraction of sp³-hybridized carbons (Fsp3) is 0.583. The number of rotatable bonds is 4. The van der Waals surface area contributed by atoms with Crippen molar-refractivity contribution in [2.24, 2.45) is 5.92 Å². The molecule has 0 unspecified atom stereocenters. The Morgan fingerprint density at radius 2 is 2.20 bits per heavy atom. The van der Waals surface area contributed by atoms with E-state index in [1.165, 1.54) is 12.8 Å². The molecular formula is C12H17ClN2. The predicted molar refractivity (Wildman–Crippen MR) is 64.5 cm³/mol. The van der Waals surface area contributed by atoms with Crippen LogP contribution in [-0.4, -0.2) is 17.6 Å². The quantitative estimate of drug-likeness (QED) is 0.780. The Morgan fingerprint density at radius 3 is 2.67 bits per heavy atom. The van der Waals surface area contributed by atoms with Crippen molar-refractivity contribution in [3.8, 4) is 0 Å². The lowest BCUT2D eigenvalue weighted by Crippen LogP contribution is -2.30. The van der Waals surface area contributed by atoms with E-state index in [1.54, 1.807) is 6.20 Å². The second-order valence-corrected chi connectivity index (χ2v) is 5.05. The van der Waals surface area contributed by atoms with E-state index < -0.39 is 0 Å². The van der Waals surface area contributed by atoms with Gasteiger partial charge in [0.2, 0.25) is 0 Å². The molecule has 1 aliphatic rings. The van der Waals surface area contributed by atoms with Crippen molar-refractivity contribution in [1.82, 2.24) is 4.98 Å². The van der Waals surface area contributed by atoms with E-state index in [2.05, 4.69) is 23.7 Å². The summed E-state index contributed by atoms with van der Waals surface area (Å²) in [6.07, 6.45) is 4.33. The van der Waals surface area contributed by atoms with Crippen molar-refractivity contribution in [2.75, 3.05) is 11.4 Å². The Balaban J connectivity index is 2.13. The predicted octanol–water partition coefficient (Wildman–Crippen LogP) is 3.36. The zero-order chi connectivity index (χ0) is 10.8. The van der Waals surface area contributed by atoms with E-state index in [1.807, 2.05) is 12.1 Å². The Kier molecular flexibility index (Phi) is 3.15. The zero-order valence-electron chi connectivity index (χ0n) is 9.28. The van der Waals surface area contributed by atoms with Crippen LogP contribution in [0, 0.1) is 5.92 Å². The maximum atomic E-state index is 5.84. The molecule has 0 bridgehead atoms. The van der Waals surface area contributed by atoms with Crippen LogP contribution in [0.3, 0.4) is 0 Å². The van der Waals surface area contributed by atoms with Gasteiger partial charge >= 0.3 is 0 Å². The van der Waals surface area contributed by atoms with Gasteiger partial charge < -0.3 is 4.90 Å². The van der Waals surface area contributed by atoms with Gasteiger partial charge in [-0.1, -0.05) is 25.4 Å². The Labute approximate surface area is 96.3 Å². The van der Waals surface area contributed by atoms with Crippen molar-refractivity contribution in [3.05, 3.63) is 23.4 Å². The van der Waals surface area contributed by atoms with E-state index in [0.717, 1.165) is 12.4 Å². The lowest BCUT2D eigenvalue weighted by atomic mass is 10.2. The van der Waals surface area contributed by atoms with Crippen LogP contribution in [-0.2, 0) is 0 Å². The lowest BCUT2D eigenvalue weighted by molar-refractivity contribution is 0.603. The monoisotopic (exact) mass is 224 g/mol. The summed E-state index contributed by atoms with van der Waals surface area (Å²) < 4.78 is 0. The van der Waals surface area contributed by atoms with Gasteiger partial charge in [-0.25, -0.2) is 4.98 Å². The van der Waals surface area contributed by atoms with Gasteiger partial charge in [0.25, 0.3) is 0 Å². The maximum Gasteiger partial charge on any atom is 0.128 e. The minimum atomic E-state index is 0.670. The zero-order valence-corrected chi connectivity index (χ0v) is 10.0. The third-order valence-electron chi connectivity index (χ3n) is 2.56. The van der Waals surface area contributed by atoms with E-state index >= 15 is 0 Å². The summed E-state index contributed by atoms with van der Waals surface area (Å²) >= 11 is 5.84. The van der Waals surface area contributed by atoms with Gasteiger partial charge in [0.1, 0.15) is 5.82 Å². The number of nitrogens with zero attached hydrogens (tertiary/aromatic N) is 2. The SMILES string of the molecule is CC(C)CN(c1ccc(Cl)cn1)C1CC1. The molecule has 2 nitrogen and oxygen atoms in total. The van der Waals surface area contributed by atoms with Crippen molar-refractivity contribution in [1.29, 1.82) is 0 Å². The molecule has 0 aliphatic heterocycles. The molecule has 0 spiro atoms. The first-order valence-electron chi connectivity index (χ1n) is 5.55. The summed E-state index contributed by atoms with van der Waals surface area (Å²) in [6, 6.07) is 4.64. The van der Waals surface area contributed by atoms with Crippen molar-refractivity contribution in [2.45, 2.75) is 32.7 Å². The molecule has 3 heteroatoms. The largest absolute Gasteiger partial charge is 0.353 e. The molecule has 0 radical (unpaired) electrons. The number of aromatic nitrogens is 1. The lowest BCUT2D eigenvalue weighted by Gasteiger charge is -2.25. The summed E-state index contributed by atoms with van der Waals surface area (Å²) in [5.74, 6) is 1.73. The maximum absolute atomic E-state index is 5.84. The van der Waals surface area contributed by atoms with Crippen molar-refractivity contribution >= 4 is 17.4 Å². The highest BCUT2D eigenvalue weighted by Gasteiger charge is 2.30. The molecule has 15 heavy (non-hydrogen) atoms. The molecule has 1 aromatic rings. The van der Waals surface area contributed by atoms with E-state index in [0.29, 0.717) is 17.0 Å². The van der Waals surface area contributed by atoms with Gasteiger partial charge in [-0.3, -0.25) is 0 Å². The molecule has 1 heterocycles. The average molecular weight is 225 g/mol. The minimum absolute atomic E-state index is 0.670. The van der Waals surface area contributed by atoms with Crippen LogP contribution in [0.25, 0.3) is 0 Å². The van der Waals surface area contributed by atoms with Crippen LogP contribution >= 0.6 is 11.6 Å².